The van der Waals surface area contributed by atoms with E-state index in [4.69, 9.17) is 19.2 Å². The van der Waals surface area contributed by atoms with Gasteiger partial charge in [-0.05, 0) is 0 Å². The molecule has 0 aromatic heterocycles. The van der Waals surface area contributed by atoms with E-state index in [0.717, 1.165) is 0 Å². The van der Waals surface area contributed by atoms with Gasteiger partial charge in [0.25, 0.3) is 0 Å². The van der Waals surface area contributed by atoms with Crippen molar-refractivity contribution in [3.8, 4) is 0 Å². The van der Waals surface area contributed by atoms with Crippen LogP contribution in [0.5, 0.6) is 0 Å². The Morgan fingerprint density at radius 3 is 1.12 bits per heavy atom. The third-order valence-corrected chi connectivity index (χ3v) is 0. The molecule has 51 valence electrons. The van der Waals surface area contributed by atoms with Crippen LogP contribution < -0.4 is 0 Å². The number of rotatable bonds is 0. The molecule has 0 saturated heterocycles. The molecule has 3 N–H and O–H groups in total. The fourth-order valence-corrected chi connectivity index (χ4v) is 0. The summed E-state index contributed by atoms with van der Waals surface area (Å²) in [7, 11) is -4.64. The first-order valence-corrected chi connectivity index (χ1v) is 2.35. The summed E-state index contributed by atoms with van der Waals surface area (Å²) in [5.74, 6) is 0. The van der Waals surface area contributed by atoms with Crippen LogP contribution >= 0.6 is 7.82 Å². The maximum absolute atomic E-state index is 8.88. The van der Waals surface area contributed by atoms with E-state index in [-0.39, 0.29) is 72.9 Å². The van der Waals surface area contributed by atoms with Gasteiger partial charge < -0.3 is 14.7 Å². The van der Waals surface area contributed by atoms with Crippen LogP contribution in [0, 0.1) is 0 Å². The first kappa shape index (κ1) is 22.5. The van der Waals surface area contributed by atoms with Crippen molar-refractivity contribution in [2.24, 2.45) is 0 Å². The summed E-state index contributed by atoms with van der Waals surface area (Å²) < 4.78 is 8.88. The summed E-state index contributed by atoms with van der Waals surface area (Å²) >= 11 is 0. The number of halogens is 1. The van der Waals surface area contributed by atoms with E-state index < -0.39 is 7.82 Å². The molecule has 8 heteroatoms. The SMILES string of the molecule is F.O=P(O)(O)O.[Co].[KH]. The third-order valence-electron chi connectivity index (χ3n) is 0. The van der Waals surface area contributed by atoms with Crippen molar-refractivity contribution in [3.63, 3.8) is 0 Å². The second-order valence-electron chi connectivity index (χ2n) is 0.513. The van der Waals surface area contributed by atoms with Gasteiger partial charge in [-0.15, -0.1) is 0 Å². The summed E-state index contributed by atoms with van der Waals surface area (Å²) in [6.07, 6.45) is 0. The van der Waals surface area contributed by atoms with Crippen LogP contribution in [-0.2, 0) is 21.3 Å². The molecule has 0 bridgehead atoms. The Balaban J connectivity index is -0.0000000267. The average molecular weight is 217 g/mol. The van der Waals surface area contributed by atoms with Crippen molar-refractivity contribution in [1.82, 2.24) is 0 Å². The summed E-state index contributed by atoms with van der Waals surface area (Å²) in [6.45, 7) is 0. The van der Waals surface area contributed by atoms with Crippen molar-refractivity contribution >= 4 is 59.2 Å². The Morgan fingerprint density at radius 1 is 1.12 bits per heavy atom. The topological polar surface area (TPSA) is 77.8 Å². The van der Waals surface area contributed by atoms with E-state index in [1.165, 1.54) is 0 Å². The number of phosphoric acid groups is 1. The Bertz CT molecular complexity index is 62.2. The van der Waals surface area contributed by atoms with Gasteiger partial charge in [0.1, 0.15) is 0 Å². The predicted molar refractivity (Wildman–Crippen MR) is 23.9 cm³/mol. The van der Waals surface area contributed by atoms with E-state index >= 15 is 0 Å². The molecule has 0 aliphatic rings. The molecule has 1 radical (unpaired) electrons. The molecule has 4 nitrogen and oxygen atoms in total. The zero-order chi connectivity index (χ0) is 4.50. The fraction of sp³-hybridized carbons (Fsp3) is 0. The summed E-state index contributed by atoms with van der Waals surface area (Å²) in [4.78, 5) is 21.6. The van der Waals surface area contributed by atoms with Gasteiger partial charge in [0.05, 0.1) is 0 Å². The van der Waals surface area contributed by atoms with Crippen LogP contribution in [0.25, 0.3) is 0 Å². The van der Waals surface area contributed by atoms with Crippen molar-refractivity contribution in [2.75, 3.05) is 0 Å². The molecule has 0 fully saturated rings. The summed E-state index contributed by atoms with van der Waals surface area (Å²) in [5, 5.41) is 0. The molecule has 0 aromatic carbocycles. The fourth-order valence-electron chi connectivity index (χ4n) is 0. The first-order chi connectivity index (χ1) is 2.00. The Labute approximate surface area is 98.3 Å². The van der Waals surface area contributed by atoms with Crippen LogP contribution in [0.3, 0.4) is 0 Å². The average Bonchev–Trinajstić information content (AvgIpc) is 0.722. The zero-order valence-corrected chi connectivity index (χ0v) is 4.87. The molecular formula is H5CoFKO4P. The molecule has 8 heavy (non-hydrogen) atoms. The van der Waals surface area contributed by atoms with Gasteiger partial charge in [-0.1, -0.05) is 0 Å². The van der Waals surface area contributed by atoms with Crippen LogP contribution in [0.1, 0.15) is 0 Å². The van der Waals surface area contributed by atoms with E-state index in [1.54, 1.807) is 0 Å². The molecule has 0 aliphatic heterocycles. The molecular weight excluding hydrogens is 212 g/mol. The molecule has 0 rings (SSSR count). The molecule has 0 aliphatic carbocycles. The second-order valence-corrected chi connectivity index (χ2v) is 1.54. The van der Waals surface area contributed by atoms with Gasteiger partial charge >= 0.3 is 59.2 Å². The second kappa shape index (κ2) is 9.18. The van der Waals surface area contributed by atoms with Crippen molar-refractivity contribution in [3.05, 3.63) is 0 Å². The van der Waals surface area contributed by atoms with Crippen molar-refractivity contribution in [2.45, 2.75) is 0 Å². The van der Waals surface area contributed by atoms with Gasteiger partial charge in [0, 0.05) is 16.8 Å². The molecule has 0 amide bonds. The van der Waals surface area contributed by atoms with Crippen molar-refractivity contribution in [1.29, 1.82) is 0 Å². The third kappa shape index (κ3) is 88.6. The van der Waals surface area contributed by atoms with Crippen LogP contribution in [0.15, 0.2) is 0 Å². The van der Waals surface area contributed by atoms with Crippen LogP contribution in [-0.4, -0.2) is 66.1 Å². The number of hydrogen-bond donors (Lipinski definition) is 3. The van der Waals surface area contributed by atoms with E-state index in [1.807, 2.05) is 0 Å². The molecule has 0 heterocycles. The minimum atomic E-state index is -4.64. The molecule has 0 aromatic rings. The summed E-state index contributed by atoms with van der Waals surface area (Å²) in [6, 6.07) is 0. The predicted octanol–water partition coefficient (Wildman–Crippen LogP) is -1.43. The van der Waals surface area contributed by atoms with Gasteiger partial charge in [-0.2, -0.15) is 0 Å². The Kier molecular flexibility index (Phi) is 25.8. The molecule has 0 unspecified atom stereocenters. The minimum absolute atomic E-state index is 0. The monoisotopic (exact) mass is 217 g/mol. The Hall–Kier alpha value is 2.18. The first-order valence-electron chi connectivity index (χ1n) is 0.783. The van der Waals surface area contributed by atoms with Crippen molar-refractivity contribution < 1.29 is 40.7 Å². The zero-order valence-electron chi connectivity index (χ0n) is 2.94. The van der Waals surface area contributed by atoms with E-state index in [2.05, 4.69) is 0 Å². The molecule has 0 atom stereocenters. The normalized spacial score (nSPS) is 7.38. The molecule has 0 saturated carbocycles. The standard InChI is InChI=1S/Co.FH.K.H3O4P.H/c;;;1-5(2,3)4;/h;1H;;(H3,1,2,3,4);. The van der Waals surface area contributed by atoms with Gasteiger partial charge in [0.2, 0.25) is 0 Å². The van der Waals surface area contributed by atoms with Gasteiger partial charge in [0.15, 0.2) is 0 Å². The Morgan fingerprint density at radius 2 is 1.12 bits per heavy atom. The van der Waals surface area contributed by atoms with Gasteiger partial charge in [-0.25, -0.2) is 4.57 Å². The van der Waals surface area contributed by atoms with E-state index in [0.29, 0.717) is 0 Å². The number of hydrogen-bond acceptors (Lipinski definition) is 1. The van der Waals surface area contributed by atoms with Crippen LogP contribution in [0.2, 0.25) is 0 Å². The van der Waals surface area contributed by atoms with Crippen LogP contribution in [0.4, 0.5) is 4.70 Å². The summed E-state index contributed by atoms with van der Waals surface area (Å²) in [5.41, 5.74) is 0. The molecule has 0 spiro atoms. The van der Waals surface area contributed by atoms with E-state index in [9.17, 15) is 0 Å². The quantitative estimate of drug-likeness (QED) is 0.343. The maximum atomic E-state index is 8.88. The van der Waals surface area contributed by atoms with Gasteiger partial charge in [-0.3, -0.25) is 4.70 Å².